The Labute approximate surface area is 98.9 Å². The first kappa shape index (κ1) is 15.4. The van der Waals surface area contributed by atoms with Gasteiger partial charge in [-0.1, -0.05) is 20.8 Å². The molecule has 0 aliphatic carbocycles. The molecule has 0 rings (SSSR count). The predicted molar refractivity (Wildman–Crippen MR) is 66.2 cm³/mol. The van der Waals surface area contributed by atoms with Gasteiger partial charge in [0.05, 0.1) is 6.61 Å². The minimum Gasteiger partial charge on any atom is -0.380 e. The number of nitrogens with one attached hydrogen (secondary N) is 1. The van der Waals surface area contributed by atoms with E-state index in [1.54, 1.807) is 0 Å². The zero-order valence-electron chi connectivity index (χ0n) is 11.0. The van der Waals surface area contributed by atoms with Gasteiger partial charge < -0.3 is 15.8 Å². The van der Waals surface area contributed by atoms with E-state index in [2.05, 4.69) is 26.1 Å². The van der Waals surface area contributed by atoms with Gasteiger partial charge in [-0.25, -0.2) is 0 Å². The molecule has 0 aromatic heterocycles. The Morgan fingerprint density at radius 3 is 2.56 bits per heavy atom. The molecular weight excluding hydrogens is 204 g/mol. The van der Waals surface area contributed by atoms with E-state index in [1.807, 2.05) is 6.92 Å². The highest BCUT2D eigenvalue weighted by molar-refractivity contribution is 5.76. The Hall–Kier alpha value is -0.610. The monoisotopic (exact) mass is 230 g/mol. The summed E-state index contributed by atoms with van der Waals surface area (Å²) >= 11 is 0. The smallest absolute Gasteiger partial charge is 0.221 e. The second kappa shape index (κ2) is 7.63. The quantitative estimate of drug-likeness (QED) is 0.648. The van der Waals surface area contributed by atoms with Crippen LogP contribution in [0.1, 0.15) is 40.5 Å². The fourth-order valence-electron chi connectivity index (χ4n) is 1.58. The van der Waals surface area contributed by atoms with Crippen molar-refractivity contribution in [1.82, 2.24) is 5.32 Å². The molecule has 0 aromatic rings. The largest absolute Gasteiger partial charge is 0.380 e. The molecule has 0 saturated carbocycles. The van der Waals surface area contributed by atoms with Crippen LogP contribution in [0.15, 0.2) is 0 Å². The third-order valence-corrected chi connectivity index (χ3v) is 2.09. The van der Waals surface area contributed by atoms with Crippen molar-refractivity contribution < 1.29 is 9.53 Å². The molecule has 0 fully saturated rings. The number of rotatable bonds is 7. The fourth-order valence-corrected chi connectivity index (χ4v) is 1.58. The third kappa shape index (κ3) is 9.93. The van der Waals surface area contributed by atoms with Crippen molar-refractivity contribution in [3.8, 4) is 0 Å². The van der Waals surface area contributed by atoms with Crippen molar-refractivity contribution in [1.29, 1.82) is 0 Å². The van der Waals surface area contributed by atoms with Crippen LogP contribution in [-0.2, 0) is 9.53 Å². The van der Waals surface area contributed by atoms with Gasteiger partial charge in [0.25, 0.3) is 0 Å². The molecular formula is C12H26N2O2. The van der Waals surface area contributed by atoms with E-state index >= 15 is 0 Å². The van der Waals surface area contributed by atoms with Gasteiger partial charge >= 0.3 is 0 Å². The molecule has 0 aliphatic rings. The standard InChI is InChI=1S/C12H26N2O2/c1-5-16-7-6-14-11(15)8-10(13)9-12(2,3)4/h10H,5-9,13H2,1-4H3,(H,14,15). The van der Waals surface area contributed by atoms with Crippen molar-refractivity contribution in [2.24, 2.45) is 11.1 Å². The van der Waals surface area contributed by atoms with Gasteiger partial charge in [0, 0.05) is 25.6 Å². The Bertz CT molecular complexity index is 200. The second-order valence-electron chi connectivity index (χ2n) is 5.28. The van der Waals surface area contributed by atoms with Crippen LogP contribution in [0.3, 0.4) is 0 Å². The average Bonchev–Trinajstić information content (AvgIpc) is 2.09. The van der Waals surface area contributed by atoms with E-state index in [9.17, 15) is 4.79 Å². The van der Waals surface area contributed by atoms with Crippen LogP contribution < -0.4 is 11.1 Å². The van der Waals surface area contributed by atoms with Gasteiger partial charge in [0.15, 0.2) is 0 Å². The molecule has 0 aromatic carbocycles. The van der Waals surface area contributed by atoms with E-state index in [0.29, 0.717) is 26.2 Å². The summed E-state index contributed by atoms with van der Waals surface area (Å²) in [4.78, 5) is 11.5. The number of amides is 1. The van der Waals surface area contributed by atoms with Crippen molar-refractivity contribution >= 4 is 5.91 Å². The molecule has 1 atom stereocenters. The molecule has 0 radical (unpaired) electrons. The summed E-state index contributed by atoms with van der Waals surface area (Å²) in [6, 6.07) is -0.0629. The minimum atomic E-state index is -0.0629. The summed E-state index contributed by atoms with van der Waals surface area (Å²) in [6.07, 6.45) is 1.25. The molecule has 0 heterocycles. The molecule has 0 saturated heterocycles. The molecule has 3 N–H and O–H groups in total. The lowest BCUT2D eigenvalue weighted by molar-refractivity contribution is -0.121. The molecule has 1 unspecified atom stereocenters. The Kier molecular flexibility index (Phi) is 7.34. The zero-order chi connectivity index (χ0) is 12.6. The second-order valence-corrected chi connectivity index (χ2v) is 5.28. The first-order valence-electron chi connectivity index (χ1n) is 5.95. The summed E-state index contributed by atoms with van der Waals surface area (Å²) in [5, 5.41) is 2.79. The number of ether oxygens (including phenoxy) is 1. The van der Waals surface area contributed by atoms with E-state index in [-0.39, 0.29) is 17.4 Å². The summed E-state index contributed by atoms with van der Waals surface area (Å²) in [5.41, 5.74) is 6.07. The van der Waals surface area contributed by atoms with Crippen molar-refractivity contribution in [3.05, 3.63) is 0 Å². The van der Waals surface area contributed by atoms with Gasteiger partial charge in [0.1, 0.15) is 0 Å². The highest BCUT2D eigenvalue weighted by Gasteiger charge is 2.17. The van der Waals surface area contributed by atoms with Gasteiger partial charge in [-0.2, -0.15) is 0 Å². The van der Waals surface area contributed by atoms with E-state index in [4.69, 9.17) is 10.5 Å². The maximum absolute atomic E-state index is 11.5. The topological polar surface area (TPSA) is 64.3 Å². The lowest BCUT2D eigenvalue weighted by atomic mass is 9.87. The Balaban J connectivity index is 3.62. The van der Waals surface area contributed by atoms with Crippen LogP contribution in [0.5, 0.6) is 0 Å². The third-order valence-electron chi connectivity index (χ3n) is 2.09. The SMILES string of the molecule is CCOCCNC(=O)CC(N)CC(C)(C)C. The first-order valence-corrected chi connectivity index (χ1v) is 5.95. The summed E-state index contributed by atoms with van der Waals surface area (Å²) in [5.74, 6) is 0.0106. The number of carbonyl (C=O) groups is 1. The van der Waals surface area contributed by atoms with Crippen LogP contribution in [0.2, 0.25) is 0 Å². The highest BCUT2D eigenvalue weighted by atomic mass is 16.5. The van der Waals surface area contributed by atoms with Gasteiger partial charge in [-0.15, -0.1) is 0 Å². The lowest BCUT2D eigenvalue weighted by Gasteiger charge is -2.22. The van der Waals surface area contributed by atoms with E-state index in [0.717, 1.165) is 6.42 Å². The maximum atomic E-state index is 11.5. The van der Waals surface area contributed by atoms with Crippen LogP contribution >= 0.6 is 0 Å². The molecule has 0 spiro atoms. The number of nitrogens with two attached hydrogens (primary N) is 1. The first-order chi connectivity index (χ1) is 7.35. The molecule has 96 valence electrons. The zero-order valence-corrected chi connectivity index (χ0v) is 11.0. The van der Waals surface area contributed by atoms with Crippen molar-refractivity contribution in [2.45, 2.75) is 46.6 Å². The Morgan fingerprint density at radius 2 is 2.06 bits per heavy atom. The minimum absolute atomic E-state index is 0.0106. The van der Waals surface area contributed by atoms with Crippen molar-refractivity contribution in [2.75, 3.05) is 19.8 Å². The number of carbonyl (C=O) groups excluding carboxylic acids is 1. The fraction of sp³-hybridized carbons (Fsp3) is 0.917. The Morgan fingerprint density at radius 1 is 1.44 bits per heavy atom. The molecule has 0 aliphatic heterocycles. The van der Waals surface area contributed by atoms with Crippen LogP contribution in [0.4, 0.5) is 0 Å². The summed E-state index contributed by atoms with van der Waals surface area (Å²) < 4.78 is 5.12. The van der Waals surface area contributed by atoms with Crippen LogP contribution in [-0.4, -0.2) is 31.7 Å². The van der Waals surface area contributed by atoms with Gasteiger partial charge in [0.2, 0.25) is 5.91 Å². The average molecular weight is 230 g/mol. The molecule has 16 heavy (non-hydrogen) atoms. The summed E-state index contributed by atoms with van der Waals surface area (Å²) in [6.45, 7) is 10.1. The molecule has 0 bridgehead atoms. The van der Waals surface area contributed by atoms with E-state index in [1.165, 1.54) is 0 Å². The lowest BCUT2D eigenvalue weighted by Crippen LogP contribution is -2.35. The number of hydrogen-bond acceptors (Lipinski definition) is 3. The van der Waals surface area contributed by atoms with Crippen LogP contribution in [0, 0.1) is 5.41 Å². The highest BCUT2D eigenvalue weighted by Crippen LogP contribution is 2.20. The van der Waals surface area contributed by atoms with Crippen LogP contribution in [0.25, 0.3) is 0 Å². The van der Waals surface area contributed by atoms with Crippen molar-refractivity contribution in [3.63, 3.8) is 0 Å². The molecule has 4 heteroatoms. The van der Waals surface area contributed by atoms with E-state index < -0.39 is 0 Å². The molecule has 4 nitrogen and oxygen atoms in total. The summed E-state index contributed by atoms with van der Waals surface area (Å²) in [7, 11) is 0. The maximum Gasteiger partial charge on any atom is 0.221 e. The predicted octanol–water partition coefficient (Wildman–Crippen LogP) is 1.29. The van der Waals surface area contributed by atoms with Gasteiger partial charge in [-0.05, 0) is 18.8 Å². The number of hydrogen-bond donors (Lipinski definition) is 2. The normalized spacial score (nSPS) is 13.6. The molecule has 1 amide bonds. The van der Waals surface area contributed by atoms with Gasteiger partial charge in [-0.3, -0.25) is 4.79 Å².